The molecule has 0 bridgehead atoms. The van der Waals surface area contributed by atoms with E-state index in [1.165, 1.54) is 13.8 Å². The number of aliphatic hydroxyl groups is 3. The highest BCUT2D eigenvalue weighted by Gasteiger charge is 2.63. The van der Waals surface area contributed by atoms with Crippen LogP contribution in [-0.4, -0.2) is 57.3 Å². The minimum atomic E-state index is -2.07. The molecule has 1 saturated heterocycles. The highest BCUT2D eigenvalue weighted by Crippen LogP contribution is 2.58. The number of rotatable bonds is 3. The molecule has 0 spiro atoms. The summed E-state index contributed by atoms with van der Waals surface area (Å²) in [5.74, 6) is -1.82. The van der Waals surface area contributed by atoms with Crippen molar-refractivity contribution in [2.24, 2.45) is 23.2 Å². The number of fused-ring (bicyclic) bond motifs is 3. The van der Waals surface area contributed by atoms with Crippen molar-refractivity contribution >= 4 is 11.9 Å². The van der Waals surface area contributed by atoms with Crippen molar-refractivity contribution in [3.05, 3.63) is 12.2 Å². The molecule has 7 heteroatoms. The Kier molecular flexibility index (Phi) is 4.94. The van der Waals surface area contributed by atoms with Crippen molar-refractivity contribution in [3.63, 3.8) is 0 Å². The van der Waals surface area contributed by atoms with Crippen LogP contribution in [0.3, 0.4) is 0 Å². The van der Waals surface area contributed by atoms with E-state index in [9.17, 15) is 24.9 Å². The third kappa shape index (κ3) is 3.00. The van der Waals surface area contributed by atoms with Gasteiger partial charge < -0.3 is 24.8 Å². The van der Waals surface area contributed by atoms with Gasteiger partial charge in [-0.05, 0) is 39.0 Å². The van der Waals surface area contributed by atoms with Crippen LogP contribution >= 0.6 is 0 Å². The van der Waals surface area contributed by atoms with Gasteiger partial charge in [0.15, 0.2) is 5.60 Å². The standard InChI is InChI=1S/C20H30O7/c1-9-6-7-13(22)19(4)8-12(26-18(24)20(5,25)11(3)21)14-10(2)17(23)27-16(14)15(9)19/h9,11-16,21-22,25H,2,6-8H2,1,3-5H3/t9-,11+,12+,13+,14+,15+,16+,19+,20+/m0/s1. The van der Waals surface area contributed by atoms with Crippen LogP contribution < -0.4 is 0 Å². The molecule has 0 amide bonds. The predicted octanol–water partition coefficient (Wildman–Crippen LogP) is 0.945. The molecule has 0 radical (unpaired) electrons. The van der Waals surface area contributed by atoms with E-state index in [1.54, 1.807) is 0 Å². The molecule has 152 valence electrons. The van der Waals surface area contributed by atoms with E-state index in [4.69, 9.17) is 9.47 Å². The molecule has 3 aliphatic rings. The lowest BCUT2D eigenvalue weighted by Crippen LogP contribution is -2.60. The first kappa shape index (κ1) is 20.3. The summed E-state index contributed by atoms with van der Waals surface area (Å²) in [4.78, 5) is 24.7. The fraction of sp³-hybridized carbons (Fsp3) is 0.800. The van der Waals surface area contributed by atoms with E-state index < -0.39 is 53.3 Å². The lowest BCUT2D eigenvalue weighted by atomic mass is 9.52. The first-order valence-corrected chi connectivity index (χ1v) is 9.60. The van der Waals surface area contributed by atoms with Gasteiger partial charge in [0.05, 0.1) is 18.1 Å². The topological polar surface area (TPSA) is 113 Å². The summed E-state index contributed by atoms with van der Waals surface area (Å²) in [6, 6.07) is 0. The Morgan fingerprint density at radius 2 is 2.07 bits per heavy atom. The highest BCUT2D eigenvalue weighted by molar-refractivity contribution is 5.91. The number of ether oxygens (including phenoxy) is 2. The predicted molar refractivity (Wildman–Crippen MR) is 95.3 cm³/mol. The molecule has 2 aliphatic carbocycles. The quantitative estimate of drug-likeness (QED) is 0.492. The second-order valence-corrected chi connectivity index (χ2v) is 8.99. The molecule has 27 heavy (non-hydrogen) atoms. The number of carbonyl (C=O) groups excluding carboxylic acids is 2. The van der Waals surface area contributed by atoms with Crippen molar-refractivity contribution < 1.29 is 34.4 Å². The Hall–Kier alpha value is -1.44. The third-order valence-corrected chi connectivity index (χ3v) is 7.17. The second kappa shape index (κ2) is 6.57. The molecule has 2 saturated carbocycles. The van der Waals surface area contributed by atoms with Crippen LogP contribution in [0.5, 0.6) is 0 Å². The van der Waals surface area contributed by atoms with E-state index in [2.05, 4.69) is 13.5 Å². The highest BCUT2D eigenvalue weighted by atomic mass is 16.6. The third-order valence-electron chi connectivity index (χ3n) is 7.17. The van der Waals surface area contributed by atoms with Gasteiger partial charge in [-0.15, -0.1) is 0 Å². The van der Waals surface area contributed by atoms with Crippen LogP contribution in [0.15, 0.2) is 12.2 Å². The van der Waals surface area contributed by atoms with Gasteiger partial charge in [0.1, 0.15) is 12.2 Å². The Balaban J connectivity index is 1.96. The van der Waals surface area contributed by atoms with E-state index in [1.807, 2.05) is 6.92 Å². The van der Waals surface area contributed by atoms with Gasteiger partial charge in [-0.25, -0.2) is 9.59 Å². The number of carbonyl (C=O) groups is 2. The molecule has 3 N–H and O–H groups in total. The Morgan fingerprint density at radius 3 is 2.67 bits per heavy atom. The zero-order chi connectivity index (χ0) is 20.3. The first-order valence-electron chi connectivity index (χ1n) is 9.60. The molecule has 0 aromatic rings. The maximum atomic E-state index is 12.5. The first-order chi connectivity index (χ1) is 12.4. The molecular formula is C20H30O7. The summed E-state index contributed by atoms with van der Waals surface area (Å²) >= 11 is 0. The fourth-order valence-corrected chi connectivity index (χ4v) is 5.22. The maximum absolute atomic E-state index is 12.5. The van der Waals surface area contributed by atoms with Crippen molar-refractivity contribution in [2.75, 3.05) is 0 Å². The van der Waals surface area contributed by atoms with E-state index in [-0.39, 0.29) is 17.4 Å². The number of hydrogen-bond acceptors (Lipinski definition) is 7. The van der Waals surface area contributed by atoms with Crippen molar-refractivity contribution in [3.8, 4) is 0 Å². The van der Waals surface area contributed by atoms with Gasteiger partial charge in [0.2, 0.25) is 0 Å². The smallest absolute Gasteiger partial charge is 0.340 e. The van der Waals surface area contributed by atoms with Crippen LogP contribution in [-0.2, 0) is 19.1 Å². The number of aliphatic hydroxyl groups excluding tert-OH is 2. The molecule has 3 fully saturated rings. The zero-order valence-corrected chi connectivity index (χ0v) is 16.3. The van der Waals surface area contributed by atoms with Crippen LogP contribution in [0.2, 0.25) is 0 Å². The summed E-state index contributed by atoms with van der Waals surface area (Å²) < 4.78 is 11.2. The Bertz CT molecular complexity index is 655. The Morgan fingerprint density at radius 1 is 1.44 bits per heavy atom. The molecule has 0 aromatic carbocycles. The van der Waals surface area contributed by atoms with Crippen molar-refractivity contribution in [1.82, 2.24) is 0 Å². The lowest BCUT2D eigenvalue weighted by molar-refractivity contribution is -0.208. The van der Waals surface area contributed by atoms with Crippen molar-refractivity contribution in [2.45, 2.75) is 77.0 Å². The monoisotopic (exact) mass is 382 g/mol. The second-order valence-electron chi connectivity index (χ2n) is 8.99. The zero-order valence-electron chi connectivity index (χ0n) is 16.3. The van der Waals surface area contributed by atoms with Gasteiger partial charge in [-0.1, -0.05) is 20.4 Å². The van der Waals surface area contributed by atoms with Gasteiger partial charge in [0, 0.05) is 16.9 Å². The van der Waals surface area contributed by atoms with Gasteiger partial charge in [-0.2, -0.15) is 0 Å². The molecule has 7 nitrogen and oxygen atoms in total. The molecule has 1 heterocycles. The summed E-state index contributed by atoms with van der Waals surface area (Å²) in [5, 5.41) is 30.7. The van der Waals surface area contributed by atoms with Crippen LogP contribution in [0.1, 0.15) is 47.0 Å². The average Bonchev–Trinajstić information content (AvgIpc) is 2.86. The Labute approximate surface area is 159 Å². The minimum Gasteiger partial charge on any atom is -0.459 e. The van der Waals surface area contributed by atoms with Crippen LogP contribution in [0.4, 0.5) is 0 Å². The van der Waals surface area contributed by atoms with Gasteiger partial charge in [-0.3, -0.25) is 0 Å². The van der Waals surface area contributed by atoms with E-state index >= 15 is 0 Å². The number of esters is 2. The van der Waals surface area contributed by atoms with Crippen molar-refractivity contribution in [1.29, 1.82) is 0 Å². The summed E-state index contributed by atoms with van der Waals surface area (Å²) in [7, 11) is 0. The average molecular weight is 382 g/mol. The molecule has 3 rings (SSSR count). The molecule has 1 aliphatic heterocycles. The number of hydrogen-bond donors (Lipinski definition) is 3. The molecule has 0 unspecified atom stereocenters. The van der Waals surface area contributed by atoms with E-state index in [0.717, 1.165) is 6.42 Å². The molecular weight excluding hydrogens is 352 g/mol. The van der Waals surface area contributed by atoms with E-state index in [0.29, 0.717) is 12.8 Å². The summed E-state index contributed by atoms with van der Waals surface area (Å²) in [6.45, 7) is 10.4. The van der Waals surface area contributed by atoms with Crippen LogP contribution in [0, 0.1) is 23.2 Å². The summed E-state index contributed by atoms with van der Waals surface area (Å²) in [6.07, 6.45) is -1.43. The SMILES string of the molecule is C=C1C(=O)O[C@@H]2[C@H]1[C@H](OC(=O)[C@](C)(O)[C@@H](C)O)C[C@@]1(C)[C@@H]2[C@@H](C)CC[C@H]1O. The van der Waals surface area contributed by atoms with Gasteiger partial charge in [0.25, 0.3) is 0 Å². The minimum absolute atomic E-state index is 0.0679. The molecule has 9 atom stereocenters. The fourth-order valence-electron chi connectivity index (χ4n) is 5.22. The largest absolute Gasteiger partial charge is 0.459 e. The van der Waals surface area contributed by atoms with Gasteiger partial charge >= 0.3 is 11.9 Å². The van der Waals surface area contributed by atoms with Crippen LogP contribution in [0.25, 0.3) is 0 Å². The normalized spacial score (nSPS) is 44.6. The molecule has 0 aromatic heterocycles. The maximum Gasteiger partial charge on any atom is 0.340 e. The summed E-state index contributed by atoms with van der Waals surface area (Å²) in [5.41, 5.74) is -2.41. The lowest BCUT2D eigenvalue weighted by Gasteiger charge is -2.56.